The van der Waals surface area contributed by atoms with Crippen molar-refractivity contribution in [2.75, 3.05) is 20.8 Å². The molecule has 118 valence electrons. The van der Waals surface area contributed by atoms with Crippen LogP contribution in [0.1, 0.15) is 22.9 Å². The number of ether oxygens (including phenoxy) is 2. The molecule has 0 bridgehead atoms. The third kappa shape index (κ3) is 2.26. The van der Waals surface area contributed by atoms with Crippen molar-refractivity contribution in [2.45, 2.75) is 12.5 Å². The van der Waals surface area contributed by atoms with Gasteiger partial charge in [0.15, 0.2) is 17.5 Å². The quantitative estimate of drug-likeness (QED) is 0.780. The van der Waals surface area contributed by atoms with Crippen LogP contribution in [0.5, 0.6) is 11.5 Å². The molecule has 0 unspecified atom stereocenters. The summed E-state index contributed by atoms with van der Waals surface area (Å²) in [5.41, 5.74) is 5.21. The Labute approximate surface area is 135 Å². The maximum absolute atomic E-state index is 5.47. The number of rotatable bonds is 3. The predicted octanol–water partition coefficient (Wildman–Crippen LogP) is 2.39. The molecule has 1 aliphatic heterocycles. The molecule has 2 aromatic carbocycles. The van der Waals surface area contributed by atoms with E-state index in [-0.39, 0.29) is 6.04 Å². The Morgan fingerprint density at radius 2 is 1.87 bits per heavy atom. The molecule has 0 spiro atoms. The van der Waals surface area contributed by atoms with Gasteiger partial charge >= 0.3 is 0 Å². The van der Waals surface area contributed by atoms with Gasteiger partial charge in [-0.05, 0) is 29.8 Å². The molecule has 0 saturated carbocycles. The van der Waals surface area contributed by atoms with Crippen LogP contribution in [0.15, 0.2) is 42.5 Å². The van der Waals surface area contributed by atoms with E-state index in [0.717, 1.165) is 24.5 Å². The van der Waals surface area contributed by atoms with E-state index in [9.17, 15) is 0 Å². The van der Waals surface area contributed by atoms with Crippen LogP contribution in [0.4, 0.5) is 0 Å². The van der Waals surface area contributed by atoms with Crippen LogP contribution in [0, 0.1) is 0 Å². The van der Waals surface area contributed by atoms with Crippen molar-refractivity contribution in [1.82, 2.24) is 4.98 Å². The van der Waals surface area contributed by atoms with E-state index in [1.165, 1.54) is 27.7 Å². The molecule has 23 heavy (non-hydrogen) atoms. The number of para-hydroxylation sites is 1. The highest BCUT2D eigenvalue weighted by Crippen LogP contribution is 2.34. The lowest BCUT2D eigenvalue weighted by Gasteiger charge is -2.22. The SMILES string of the molecule is COc1ccc([C@@H]2[NH2+]CCc3c2[nH]c2ccccc32)cc1OC. The first-order chi connectivity index (χ1) is 11.3. The minimum atomic E-state index is 0.269. The van der Waals surface area contributed by atoms with Gasteiger partial charge in [0.1, 0.15) is 0 Å². The van der Waals surface area contributed by atoms with Gasteiger partial charge < -0.3 is 19.8 Å². The molecule has 0 aliphatic carbocycles. The summed E-state index contributed by atoms with van der Waals surface area (Å²) < 4.78 is 10.8. The molecule has 1 aromatic heterocycles. The normalized spacial score (nSPS) is 17.0. The van der Waals surface area contributed by atoms with E-state index in [1.807, 2.05) is 6.07 Å². The number of methoxy groups -OCH3 is 2. The van der Waals surface area contributed by atoms with Gasteiger partial charge in [-0.1, -0.05) is 18.2 Å². The van der Waals surface area contributed by atoms with E-state index in [2.05, 4.69) is 46.7 Å². The zero-order valence-electron chi connectivity index (χ0n) is 13.4. The zero-order valence-corrected chi connectivity index (χ0v) is 13.4. The third-order valence-corrected chi connectivity index (χ3v) is 4.72. The van der Waals surface area contributed by atoms with Gasteiger partial charge in [-0.2, -0.15) is 0 Å². The van der Waals surface area contributed by atoms with Gasteiger partial charge in [-0.15, -0.1) is 0 Å². The summed E-state index contributed by atoms with van der Waals surface area (Å²) in [5.74, 6) is 1.55. The van der Waals surface area contributed by atoms with E-state index >= 15 is 0 Å². The highest BCUT2D eigenvalue weighted by Gasteiger charge is 2.29. The van der Waals surface area contributed by atoms with Crippen LogP contribution < -0.4 is 14.8 Å². The molecular weight excluding hydrogens is 288 g/mol. The summed E-state index contributed by atoms with van der Waals surface area (Å²) in [7, 11) is 3.35. The van der Waals surface area contributed by atoms with Crippen LogP contribution in [-0.4, -0.2) is 25.7 Å². The topological polar surface area (TPSA) is 50.9 Å². The van der Waals surface area contributed by atoms with E-state index in [1.54, 1.807) is 14.2 Å². The van der Waals surface area contributed by atoms with E-state index in [4.69, 9.17) is 9.47 Å². The fourth-order valence-corrected chi connectivity index (χ4v) is 3.62. The average molecular weight is 309 g/mol. The van der Waals surface area contributed by atoms with Gasteiger partial charge in [-0.3, -0.25) is 0 Å². The van der Waals surface area contributed by atoms with Crippen molar-refractivity contribution in [3.63, 3.8) is 0 Å². The monoisotopic (exact) mass is 309 g/mol. The Balaban J connectivity index is 1.83. The third-order valence-electron chi connectivity index (χ3n) is 4.72. The summed E-state index contributed by atoms with van der Waals surface area (Å²) in [6.45, 7) is 1.09. The maximum atomic E-state index is 5.47. The first-order valence-corrected chi connectivity index (χ1v) is 7.96. The molecule has 0 amide bonds. The second kappa shape index (κ2) is 5.63. The molecule has 1 aliphatic rings. The molecule has 3 aromatic rings. The summed E-state index contributed by atoms with van der Waals surface area (Å²) in [6, 6.07) is 15.0. The Bertz CT molecular complexity index is 854. The Kier molecular flexibility index (Phi) is 3.46. The van der Waals surface area contributed by atoms with Crippen LogP contribution in [0.2, 0.25) is 0 Å². The van der Waals surface area contributed by atoms with Gasteiger partial charge in [0, 0.05) is 22.9 Å². The number of nitrogens with two attached hydrogens (primary N) is 1. The lowest BCUT2D eigenvalue weighted by molar-refractivity contribution is -0.690. The van der Waals surface area contributed by atoms with E-state index < -0.39 is 0 Å². The highest BCUT2D eigenvalue weighted by atomic mass is 16.5. The summed E-state index contributed by atoms with van der Waals surface area (Å²) in [6.07, 6.45) is 1.10. The van der Waals surface area contributed by atoms with Gasteiger partial charge in [0.25, 0.3) is 0 Å². The van der Waals surface area contributed by atoms with Crippen molar-refractivity contribution in [1.29, 1.82) is 0 Å². The van der Waals surface area contributed by atoms with E-state index in [0.29, 0.717) is 0 Å². The van der Waals surface area contributed by atoms with Gasteiger partial charge in [0.05, 0.1) is 26.5 Å². The molecule has 0 fully saturated rings. The van der Waals surface area contributed by atoms with Crippen molar-refractivity contribution in [3.05, 3.63) is 59.3 Å². The number of hydrogen-bond donors (Lipinski definition) is 2. The average Bonchev–Trinajstić information content (AvgIpc) is 3.00. The molecule has 2 heterocycles. The van der Waals surface area contributed by atoms with Gasteiger partial charge in [0.2, 0.25) is 0 Å². The molecule has 0 radical (unpaired) electrons. The number of fused-ring (bicyclic) bond motifs is 3. The largest absolute Gasteiger partial charge is 0.493 e. The number of aromatic amines is 1. The van der Waals surface area contributed by atoms with Crippen LogP contribution in [0.25, 0.3) is 10.9 Å². The lowest BCUT2D eigenvalue weighted by Crippen LogP contribution is -2.87. The molecule has 4 heteroatoms. The Morgan fingerprint density at radius 3 is 2.70 bits per heavy atom. The lowest BCUT2D eigenvalue weighted by atomic mass is 9.94. The minimum Gasteiger partial charge on any atom is -0.493 e. The molecule has 3 N–H and O–H groups in total. The second-order valence-electron chi connectivity index (χ2n) is 5.93. The standard InChI is InChI=1S/C19H20N2O2/c1-22-16-8-7-12(11-17(16)23-2)18-19-14(9-10-20-18)13-5-3-4-6-15(13)21-19/h3-8,11,18,20-21H,9-10H2,1-2H3/p+1/t18-/m0/s1. The number of hydrogen-bond acceptors (Lipinski definition) is 2. The number of nitrogens with one attached hydrogen (secondary N) is 1. The van der Waals surface area contributed by atoms with Crippen LogP contribution in [0.3, 0.4) is 0 Å². The first-order valence-electron chi connectivity index (χ1n) is 7.96. The van der Waals surface area contributed by atoms with Gasteiger partial charge in [-0.25, -0.2) is 0 Å². The molecule has 4 rings (SSSR count). The Hall–Kier alpha value is -2.46. The van der Waals surface area contributed by atoms with Crippen molar-refractivity contribution in [2.24, 2.45) is 0 Å². The van der Waals surface area contributed by atoms with Crippen molar-refractivity contribution < 1.29 is 14.8 Å². The van der Waals surface area contributed by atoms with Crippen molar-refractivity contribution in [3.8, 4) is 11.5 Å². The summed E-state index contributed by atoms with van der Waals surface area (Å²) in [4.78, 5) is 3.63. The summed E-state index contributed by atoms with van der Waals surface area (Å²) in [5, 5.41) is 3.74. The number of H-pyrrole nitrogens is 1. The molecule has 4 nitrogen and oxygen atoms in total. The zero-order chi connectivity index (χ0) is 15.8. The maximum Gasteiger partial charge on any atom is 0.161 e. The molecular formula is C19H21N2O2+. The number of benzene rings is 2. The first kappa shape index (κ1) is 14.2. The van der Waals surface area contributed by atoms with Crippen LogP contribution in [-0.2, 0) is 6.42 Å². The number of aromatic nitrogens is 1. The fraction of sp³-hybridized carbons (Fsp3) is 0.263. The molecule has 0 saturated heterocycles. The summed E-state index contributed by atoms with van der Waals surface area (Å²) >= 11 is 0. The predicted molar refractivity (Wildman–Crippen MR) is 90.2 cm³/mol. The van der Waals surface area contributed by atoms with Crippen LogP contribution >= 0.6 is 0 Å². The minimum absolute atomic E-state index is 0.269. The van der Waals surface area contributed by atoms with Crippen molar-refractivity contribution >= 4 is 10.9 Å². The second-order valence-corrected chi connectivity index (χ2v) is 5.93. The fourth-order valence-electron chi connectivity index (χ4n) is 3.62. The number of quaternary nitrogens is 1. The molecule has 1 atom stereocenters. The Morgan fingerprint density at radius 1 is 1.04 bits per heavy atom. The highest BCUT2D eigenvalue weighted by molar-refractivity contribution is 5.85. The smallest absolute Gasteiger partial charge is 0.161 e.